The Morgan fingerprint density at radius 2 is 1.62 bits per heavy atom. The van der Waals surface area contributed by atoms with Crippen molar-refractivity contribution in [1.29, 1.82) is 0 Å². The van der Waals surface area contributed by atoms with Gasteiger partial charge in [0.25, 0.3) is 0 Å². The number of carbonyl (C=O) groups excluding carboxylic acids is 2. The normalized spacial score (nSPS) is 18.1. The predicted octanol–water partition coefficient (Wildman–Crippen LogP) is 5.30. The number of hydrogen-bond acceptors (Lipinski definition) is 4. The third-order valence-electron chi connectivity index (χ3n) is 7.97. The molecule has 0 spiro atoms. The third kappa shape index (κ3) is 6.12. The number of rotatable bonds is 9. The van der Waals surface area contributed by atoms with E-state index in [4.69, 9.17) is 17.0 Å². The van der Waals surface area contributed by atoms with Gasteiger partial charge in [-0.1, -0.05) is 79.9 Å². The molecule has 1 saturated carbocycles. The first-order valence-corrected chi connectivity index (χ1v) is 14.3. The molecule has 0 aromatic heterocycles. The fraction of sp³-hybridized carbons (Fsp3) is 0.344. The zero-order valence-electron chi connectivity index (χ0n) is 22.8. The maximum Gasteiger partial charge on any atom is 0.250 e. The minimum Gasteiger partial charge on any atom is -0.497 e. The number of nitrogens with one attached hydrogen (secondary N) is 2. The summed E-state index contributed by atoms with van der Waals surface area (Å²) in [5.74, 6) is 0.467. The van der Waals surface area contributed by atoms with E-state index in [0.717, 1.165) is 36.1 Å². The molecule has 0 unspecified atom stereocenters. The van der Waals surface area contributed by atoms with Crippen molar-refractivity contribution in [2.24, 2.45) is 0 Å². The van der Waals surface area contributed by atoms with E-state index < -0.39 is 5.54 Å². The largest absolute Gasteiger partial charge is 0.497 e. The molecule has 7 nitrogen and oxygen atoms in total. The molecule has 1 atom stereocenters. The SMILES string of the molecule is COc1ccc(NC(=O)C2(N(Cc3ccccc3)C(=O)CN3C[C@H](c4ccccc4)NC3=S)CCCCC2)cc1. The Kier molecular flexibility index (Phi) is 8.65. The summed E-state index contributed by atoms with van der Waals surface area (Å²) < 4.78 is 5.27. The van der Waals surface area contributed by atoms with Crippen LogP contribution >= 0.6 is 12.2 Å². The van der Waals surface area contributed by atoms with Crippen molar-refractivity contribution in [1.82, 2.24) is 15.1 Å². The minimum absolute atomic E-state index is 0.0195. The number of anilines is 1. The molecule has 5 rings (SSSR count). The van der Waals surface area contributed by atoms with Crippen LogP contribution in [0.3, 0.4) is 0 Å². The van der Waals surface area contributed by atoms with Crippen LogP contribution in [-0.4, -0.2) is 52.5 Å². The second kappa shape index (κ2) is 12.5. The number of ether oxygens (including phenoxy) is 1. The van der Waals surface area contributed by atoms with E-state index in [9.17, 15) is 9.59 Å². The maximum atomic E-state index is 14.2. The van der Waals surface area contributed by atoms with Crippen molar-refractivity contribution in [3.63, 3.8) is 0 Å². The van der Waals surface area contributed by atoms with Gasteiger partial charge in [0.1, 0.15) is 11.3 Å². The molecule has 208 valence electrons. The highest BCUT2D eigenvalue weighted by atomic mass is 32.1. The molecule has 2 N–H and O–H groups in total. The van der Waals surface area contributed by atoms with Crippen molar-refractivity contribution < 1.29 is 14.3 Å². The average Bonchev–Trinajstić information content (AvgIpc) is 3.37. The fourth-order valence-electron chi connectivity index (χ4n) is 5.77. The van der Waals surface area contributed by atoms with Crippen LogP contribution in [0.2, 0.25) is 0 Å². The molecule has 1 saturated heterocycles. The number of amides is 2. The summed E-state index contributed by atoms with van der Waals surface area (Å²) in [5, 5.41) is 7.04. The number of thiocarbonyl (C=S) groups is 1. The van der Waals surface area contributed by atoms with E-state index in [2.05, 4.69) is 22.8 Å². The summed E-state index contributed by atoms with van der Waals surface area (Å²) in [4.78, 5) is 32.1. The highest BCUT2D eigenvalue weighted by Gasteiger charge is 2.47. The Labute approximate surface area is 241 Å². The summed E-state index contributed by atoms with van der Waals surface area (Å²) in [6, 6.07) is 27.3. The fourth-order valence-corrected chi connectivity index (χ4v) is 6.05. The number of methoxy groups -OCH3 is 1. The van der Waals surface area contributed by atoms with Gasteiger partial charge in [0.05, 0.1) is 19.7 Å². The lowest BCUT2D eigenvalue weighted by Gasteiger charge is -2.45. The Balaban J connectivity index is 1.42. The van der Waals surface area contributed by atoms with Crippen molar-refractivity contribution in [3.05, 3.63) is 96.1 Å². The highest BCUT2D eigenvalue weighted by molar-refractivity contribution is 7.80. The number of benzene rings is 3. The first-order valence-electron chi connectivity index (χ1n) is 13.9. The van der Waals surface area contributed by atoms with Crippen LogP contribution in [-0.2, 0) is 16.1 Å². The molecule has 1 aliphatic carbocycles. The van der Waals surface area contributed by atoms with Gasteiger partial charge in [-0.05, 0) is 60.5 Å². The summed E-state index contributed by atoms with van der Waals surface area (Å²) >= 11 is 5.65. The van der Waals surface area contributed by atoms with E-state index in [0.29, 0.717) is 36.7 Å². The van der Waals surface area contributed by atoms with Gasteiger partial charge in [-0.15, -0.1) is 0 Å². The first-order chi connectivity index (χ1) is 19.5. The van der Waals surface area contributed by atoms with Crippen molar-refractivity contribution in [2.75, 3.05) is 25.5 Å². The van der Waals surface area contributed by atoms with E-state index in [1.54, 1.807) is 7.11 Å². The molecule has 8 heteroatoms. The molecule has 1 aliphatic heterocycles. The standard InChI is InChI=1S/C32H36N4O3S/c1-39-27-17-15-26(16-18-27)33-30(38)32(19-9-4-10-20-32)36(21-24-11-5-2-6-12-24)29(37)23-35-22-28(34-31(35)40)25-13-7-3-8-14-25/h2-3,5-8,11-18,28H,4,9-10,19-23H2,1H3,(H,33,38)(H,34,40)/t28-/m1/s1. The van der Waals surface area contributed by atoms with Crippen LogP contribution in [0.15, 0.2) is 84.9 Å². The second-order valence-electron chi connectivity index (χ2n) is 10.5. The molecule has 0 radical (unpaired) electrons. The van der Waals surface area contributed by atoms with Gasteiger partial charge in [0.2, 0.25) is 11.8 Å². The third-order valence-corrected chi connectivity index (χ3v) is 8.34. The Morgan fingerprint density at radius 1 is 0.975 bits per heavy atom. The summed E-state index contributed by atoms with van der Waals surface area (Å²) in [7, 11) is 1.61. The van der Waals surface area contributed by atoms with E-state index in [-0.39, 0.29) is 24.4 Å². The number of carbonyl (C=O) groups is 2. The predicted molar refractivity (Wildman–Crippen MR) is 161 cm³/mol. The van der Waals surface area contributed by atoms with Crippen LogP contribution in [0.1, 0.15) is 49.3 Å². The Hall–Kier alpha value is -3.91. The second-order valence-corrected chi connectivity index (χ2v) is 10.9. The molecule has 2 fully saturated rings. The van der Waals surface area contributed by atoms with Crippen LogP contribution in [0.25, 0.3) is 0 Å². The van der Waals surface area contributed by atoms with E-state index >= 15 is 0 Å². The molecule has 1 heterocycles. The average molecular weight is 557 g/mol. The van der Waals surface area contributed by atoms with E-state index in [1.807, 2.05) is 82.6 Å². The monoisotopic (exact) mass is 556 g/mol. The lowest BCUT2D eigenvalue weighted by molar-refractivity contribution is -0.149. The quantitative estimate of drug-likeness (QED) is 0.349. The lowest BCUT2D eigenvalue weighted by atomic mass is 9.78. The van der Waals surface area contributed by atoms with Gasteiger partial charge >= 0.3 is 0 Å². The zero-order chi connectivity index (χ0) is 28.0. The molecule has 0 bridgehead atoms. The molecular weight excluding hydrogens is 520 g/mol. The van der Waals surface area contributed by atoms with Gasteiger partial charge in [-0.25, -0.2) is 0 Å². The highest BCUT2D eigenvalue weighted by Crippen LogP contribution is 2.37. The van der Waals surface area contributed by atoms with Gasteiger partial charge < -0.3 is 25.2 Å². The van der Waals surface area contributed by atoms with Gasteiger partial charge in [-0.3, -0.25) is 9.59 Å². The minimum atomic E-state index is -0.960. The van der Waals surface area contributed by atoms with Crippen LogP contribution in [0.5, 0.6) is 5.75 Å². The van der Waals surface area contributed by atoms with E-state index in [1.165, 1.54) is 0 Å². The van der Waals surface area contributed by atoms with Crippen molar-refractivity contribution in [3.8, 4) is 5.75 Å². The smallest absolute Gasteiger partial charge is 0.250 e. The molecule has 2 amide bonds. The first kappa shape index (κ1) is 27.6. The topological polar surface area (TPSA) is 73.9 Å². The number of hydrogen-bond donors (Lipinski definition) is 2. The Morgan fingerprint density at radius 3 is 2.27 bits per heavy atom. The molecule has 2 aliphatic rings. The van der Waals surface area contributed by atoms with Gasteiger partial charge in [0, 0.05) is 18.8 Å². The summed E-state index contributed by atoms with van der Waals surface area (Å²) in [5.41, 5.74) is 1.84. The molecule has 3 aromatic rings. The van der Waals surface area contributed by atoms with Gasteiger partial charge in [0.15, 0.2) is 5.11 Å². The van der Waals surface area contributed by atoms with Gasteiger partial charge in [-0.2, -0.15) is 0 Å². The molecular formula is C32H36N4O3S. The van der Waals surface area contributed by atoms with Crippen LogP contribution < -0.4 is 15.4 Å². The van der Waals surface area contributed by atoms with Crippen LogP contribution in [0, 0.1) is 0 Å². The zero-order valence-corrected chi connectivity index (χ0v) is 23.7. The lowest BCUT2D eigenvalue weighted by Crippen LogP contribution is -2.61. The summed E-state index contributed by atoms with van der Waals surface area (Å²) in [6.45, 7) is 1.06. The number of nitrogens with zero attached hydrogens (tertiary/aromatic N) is 2. The van der Waals surface area contributed by atoms with Crippen LogP contribution in [0.4, 0.5) is 5.69 Å². The summed E-state index contributed by atoms with van der Waals surface area (Å²) in [6.07, 6.45) is 4.04. The Bertz CT molecular complexity index is 1310. The maximum absolute atomic E-state index is 14.2. The molecule has 3 aromatic carbocycles. The molecule has 40 heavy (non-hydrogen) atoms. The van der Waals surface area contributed by atoms with Crippen molar-refractivity contribution in [2.45, 2.75) is 50.2 Å². The van der Waals surface area contributed by atoms with Crippen molar-refractivity contribution >= 4 is 34.8 Å².